The maximum absolute atomic E-state index is 12.7. The minimum atomic E-state index is -0.235. The molecule has 41 heavy (non-hydrogen) atoms. The van der Waals surface area contributed by atoms with E-state index in [2.05, 4.69) is 37.5 Å². The Morgan fingerprint density at radius 3 is 2.78 bits per heavy atom. The number of nitrogens with one attached hydrogen (secondary N) is 2. The Bertz CT molecular complexity index is 1580. The summed E-state index contributed by atoms with van der Waals surface area (Å²) in [5.41, 5.74) is 2.56. The Morgan fingerprint density at radius 1 is 1.15 bits per heavy atom. The Balaban J connectivity index is 1.34. The van der Waals surface area contributed by atoms with E-state index in [9.17, 15) is 4.79 Å². The first kappa shape index (κ1) is 28.1. The molecule has 11 heteroatoms. The number of ether oxygens (including phenoxy) is 3. The van der Waals surface area contributed by atoms with Gasteiger partial charge < -0.3 is 24.8 Å². The zero-order valence-electron chi connectivity index (χ0n) is 23.1. The molecule has 4 aromatic rings. The number of benzene rings is 2. The van der Waals surface area contributed by atoms with Crippen LogP contribution in [0.15, 0.2) is 67.0 Å². The molecule has 2 aromatic carbocycles. The lowest BCUT2D eigenvalue weighted by Crippen LogP contribution is -2.23. The van der Waals surface area contributed by atoms with Crippen molar-refractivity contribution in [3.63, 3.8) is 0 Å². The first-order chi connectivity index (χ1) is 19.9. The van der Waals surface area contributed by atoms with Crippen LogP contribution in [0, 0.1) is 0 Å². The summed E-state index contributed by atoms with van der Waals surface area (Å²) < 4.78 is 16.8. The number of methoxy groups -OCH3 is 2. The number of nitrogens with zero attached hydrogens (tertiary/aromatic N) is 4. The second kappa shape index (κ2) is 12.8. The number of pyridine rings is 1. The first-order valence-electron chi connectivity index (χ1n) is 13.2. The van der Waals surface area contributed by atoms with E-state index in [4.69, 9.17) is 25.8 Å². The Hall–Kier alpha value is -4.41. The molecule has 1 amide bonds. The largest absolute Gasteiger partial charge is 0.494 e. The van der Waals surface area contributed by atoms with Crippen LogP contribution in [0.5, 0.6) is 17.4 Å². The van der Waals surface area contributed by atoms with Gasteiger partial charge in [0, 0.05) is 23.9 Å². The number of carbonyl (C=O) groups is 1. The molecule has 2 aromatic heterocycles. The molecular formula is C30H31ClN6O4. The van der Waals surface area contributed by atoms with E-state index in [1.165, 1.54) is 6.33 Å². The van der Waals surface area contributed by atoms with Crippen molar-refractivity contribution >= 4 is 45.6 Å². The smallest absolute Gasteiger partial charge is 0.248 e. The summed E-state index contributed by atoms with van der Waals surface area (Å²) in [6.07, 6.45) is 7.15. The molecule has 1 aliphatic heterocycles. The quantitative estimate of drug-likeness (QED) is 0.234. The molecule has 0 spiro atoms. The van der Waals surface area contributed by atoms with Gasteiger partial charge in [0.05, 0.1) is 41.5 Å². The summed E-state index contributed by atoms with van der Waals surface area (Å²) in [5, 5.41) is 7.26. The molecule has 0 unspecified atom stereocenters. The van der Waals surface area contributed by atoms with Crippen molar-refractivity contribution in [1.82, 2.24) is 19.9 Å². The van der Waals surface area contributed by atoms with E-state index in [-0.39, 0.29) is 18.6 Å². The predicted octanol–water partition coefficient (Wildman–Crippen LogP) is 5.61. The third kappa shape index (κ3) is 6.67. The van der Waals surface area contributed by atoms with E-state index >= 15 is 0 Å². The van der Waals surface area contributed by atoms with Crippen LogP contribution in [-0.2, 0) is 11.4 Å². The number of amides is 1. The molecule has 0 bridgehead atoms. The molecule has 1 aliphatic rings. The molecule has 1 atom stereocenters. The van der Waals surface area contributed by atoms with Crippen LogP contribution in [0.2, 0.25) is 5.02 Å². The number of hydrogen-bond donors (Lipinski definition) is 2. The lowest BCUT2D eigenvalue weighted by atomic mass is 10.1. The molecule has 212 valence electrons. The standard InChI is InChI=1S/C30H31ClN6O4/c1-37-15-5-7-21(37)10-14-26(38)36-24-12-11-23-28(29(24)40-3)30(33-18-32-23)35-19-9-13-25(22(31)16-19)41-17-20-6-4-8-27(34-20)39-2/h4,6,8-14,16,18,21H,5,7,15,17H2,1-3H3,(H,36,38)(H,32,33,35)/b14-10+/t21-/m1/s1. The molecule has 2 N–H and O–H groups in total. The second-order valence-electron chi connectivity index (χ2n) is 9.53. The number of anilines is 3. The average molecular weight is 575 g/mol. The fourth-order valence-electron chi connectivity index (χ4n) is 4.72. The number of aromatic nitrogens is 3. The number of likely N-dealkylation sites (tertiary alicyclic amines) is 1. The third-order valence-electron chi connectivity index (χ3n) is 6.83. The number of carbonyl (C=O) groups excluding carboxylic acids is 1. The van der Waals surface area contributed by atoms with Gasteiger partial charge in [0.2, 0.25) is 11.8 Å². The summed E-state index contributed by atoms with van der Waals surface area (Å²) in [7, 11) is 5.18. The van der Waals surface area contributed by atoms with Gasteiger partial charge in [-0.05, 0) is 62.8 Å². The van der Waals surface area contributed by atoms with Crippen molar-refractivity contribution < 1.29 is 19.0 Å². The highest BCUT2D eigenvalue weighted by atomic mass is 35.5. The minimum absolute atomic E-state index is 0.235. The fourth-order valence-corrected chi connectivity index (χ4v) is 4.95. The van der Waals surface area contributed by atoms with Crippen LogP contribution in [0.3, 0.4) is 0 Å². The number of hydrogen-bond acceptors (Lipinski definition) is 9. The van der Waals surface area contributed by atoms with Gasteiger partial charge in [-0.1, -0.05) is 23.7 Å². The molecule has 1 saturated heterocycles. The lowest BCUT2D eigenvalue weighted by molar-refractivity contribution is -0.111. The third-order valence-corrected chi connectivity index (χ3v) is 7.12. The van der Waals surface area contributed by atoms with Crippen LogP contribution < -0.4 is 24.8 Å². The summed E-state index contributed by atoms with van der Waals surface area (Å²) in [6, 6.07) is 14.7. The number of likely N-dealkylation sites (N-methyl/N-ethyl adjacent to an activating group) is 1. The highest BCUT2D eigenvalue weighted by Crippen LogP contribution is 2.38. The van der Waals surface area contributed by atoms with Gasteiger partial charge >= 0.3 is 0 Å². The zero-order chi connectivity index (χ0) is 28.8. The van der Waals surface area contributed by atoms with Gasteiger partial charge in [-0.15, -0.1) is 0 Å². The van der Waals surface area contributed by atoms with Crippen molar-refractivity contribution in [1.29, 1.82) is 0 Å². The summed E-state index contributed by atoms with van der Waals surface area (Å²) in [6.45, 7) is 1.27. The number of fused-ring (bicyclic) bond motifs is 1. The van der Waals surface area contributed by atoms with Gasteiger partial charge in [0.15, 0.2) is 5.75 Å². The van der Waals surface area contributed by atoms with Crippen molar-refractivity contribution in [3.8, 4) is 17.4 Å². The van der Waals surface area contributed by atoms with Gasteiger partial charge in [0.25, 0.3) is 0 Å². The summed E-state index contributed by atoms with van der Waals surface area (Å²) in [4.78, 5) is 28.2. The molecule has 10 nitrogen and oxygen atoms in total. The summed E-state index contributed by atoms with van der Waals surface area (Å²) in [5.74, 6) is 1.73. The van der Waals surface area contributed by atoms with E-state index in [1.54, 1.807) is 44.6 Å². The highest BCUT2D eigenvalue weighted by Gasteiger charge is 2.19. The molecule has 1 fully saturated rings. The van der Waals surface area contributed by atoms with Gasteiger partial charge in [0.1, 0.15) is 24.5 Å². The lowest BCUT2D eigenvalue weighted by Gasteiger charge is -2.16. The maximum Gasteiger partial charge on any atom is 0.248 e. The molecular weight excluding hydrogens is 544 g/mol. The van der Waals surface area contributed by atoms with Crippen molar-refractivity contribution in [2.45, 2.75) is 25.5 Å². The maximum atomic E-state index is 12.7. The van der Waals surface area contributed by atoms with E-state index in [0.29, 0.717) is 56.2 Å². The average Bonchev–Trinajstić information content (AvgIpc) is 3.40. The van der Waals surface area contributed by atoms with Gasteiger partial charge in [-0.3, -0.25) is 9.69 Å². The SMILES string of the molecule is COc1cccc(COc2ccc(Nc3ncnc4ccc(NC(=O)/C=C/[C@H]5CCCN5C)c(OC)c34)cc2Cl)n1. The second-order valence-corrected chi connectivity index (χ2v) is 9.94. The van der Waals surface area contributed by atoms with Crippen LogP contribution in [0.25, 0.3) is 10.9 Å². The van der Waals surface area contributed by atoms with Crippen LogP contribution in [0.1, 0.15) is 18.5 Å². The van der Waals surface area contributed by atoms with E-state index < -0.39 is 0 Å². The highest BCUT2D eigenvalue weighted by molar-refractivity contribution is 6.32. The van der Waals surface area contributed by atoms with Crippen molar-refractivity contribution in [3.05, 3.63) is 77.7 Å². The van der Waals surface area contributed by atoms with E-state index in [1.807, 2.05) is 30.3 Å². The molecule has 5 rings (SSSR count). The van der Waals surface area contributed by atoms with Gasteiger partial charge in [-0.2, -0.15) is 0 Å². The van der Waals surface area contributed by atoms with E-state index in [0.717, 1.165) is 19.4 Å². The Labute approximate surface area is 243 Å². The minimum Gasteiger partial charge on any atom is -0.494 e. The monoisotopic (exact) mass is 574 g/mol. The van der Waals surface area contributed by atoms with Crippen molar-refractivity contribution in [2.75, 3.05) is 38.4 Å². The van der Waals surface area contributed by atoms with Crippen molar-refractivity contribution in [2.24, 2.45) is 0 Å². The Morgan fingerprint density at radius 2 is 2.02 bits per heavy atom. The first-order valence-corrected chi connectivity index (χ1v) is 13.5. The van der Waals surface area contributed by atoms with Crippen LogP contribution in [0.4, 0.5) is 17.2 Å². The molecule has 0 aliphatic carbocycles. The normalized spacial score (nSPS) is 15.3. The summed E-state index contributed by atoms with van der Waals surface area (Å²) >= 11 is 6.54. The molecule has 0 saturated carbocycles. The predicted molar refractivity (Wildman–Crippen MR) is 159 cm³/mol. The Kier molecular flexibility index (Phi) is 8.81. The zero-order valence-corrected chi connectivity index (χ0v) is 23.8. The molecule has 0 radical (unpaired) electrons. The van der Waals surface area contributed by atoms with Gasteiger partial charge in [-0.25, -0.2) is 15.0 Å². The fraction of sp³-hybridized carbons (Fsp3) is 0.267. The topological polar surface area (TPSA) is 111 Å². The van der Waals surface area contributed by atoms with Crippen LogP contribution in [-0.4, -0.2) is 59.6 Å². The number of halogens is 1. The number of rotatable bonds is 10. The van der Waals surface area contributed by atoms with Crippen LogP contribution >= 0.6 is 11.6 Å². The molecule has 3 heterocycles.